The van der Waals surface area contributed by atoms with Crippen LogP contribution in [0.25, 0.3) is 0 Å². The summed E-state index contributed by atoms with van der Waals surface area (Å²) in [6, 6.07) is 7.20. The average Bonchev–Trinajstić information content (AvgIpc) is 2.98. The number of hydrogen-bond acceptors (Lipinski definition) is 4. The van der Waals surface area contributed by atoms with Crippen molar-refractivity contribution < 1.29 is 9.90 Å². The van der Waals surface area contributed by atoms with Gasteiger partial charge in [-0.2, -0.15) is 0 Å². The van der Waals surface area contributed by atoms with E-state index in [0.717, 1.165) is 23.3 Å². The molecule has 0 spiro atoms. The van der Waals surface area contributed by atoms with Crippen LogP contribution in [0.2, 0.25) is 0 Å². The number of urea groups is 1. The molecule has 1 aromatic heterocycles. The van der Waals surface area contributed by atoms with Gasteiger partial charge in [0.25, 0.3) is 0 Å². The maximum Gasteiger partial charge on any atom is 0.321 e. The second kappa shape index (κ2) is 6.46. The van der Waals surface area contributed by atoms with Gasteiger partial charge in [0.1, 0.15) is 0 Å². The molecule has 0 saturated heterocycles. The van der Waals surface area contributed by atoms with Gasteiger partial charge in [0, 0.05) is 11.1 Å². The van der Waals surface area contributed by atoms with Crippen molar-refractivity contribution in [2.75, 3.05) is 5.32 Å². The Labute approximate surface area is 133 Å². The zero-order valence-corrected chi connectivity index (χ0v) is 13.2. The Morgan fingerprint density at radius 2 is 2.27 bits per heavy atom. The standard InChI is InChI=1S/C16H19N3O2S/c1-2-11-9-17-16(22-11)19-15(21)18-14-12-6-4-3-5-10(12)7-8-13(14)20/h3-6,9,13-14,20H,2,7-8H2,1H3,(H2,17,18,19,21)/t13-,14+/m1/s1. The van der Waals surface area contributed by atoms with Gasteiger partial charge >= 0.3 is 6.03 Å². The van der Waals surface area contributed by atoms with Crippen molar-refractivity contribution in [3.05, 3.63) is 46.5 Å². The largest absolute Gasteiger partial charge is 0.391 e. The number of amides is 2. The van der Waals surface area contributed by atoms with E-state index in [1.165, 1.54) is 16.9 Å². The minimum Gasteiger partial charge on any atom is -0.391 e. The van der Waals surface area contributed by atoms with E-state index in [0.29, 0.717) is 11.6 Å². The van der Waals surface area contributed by atoms with Gasteiger partial charge in [-0.05, 0) is 30.4 Å². The zero-order chi connectivity index (χ0) is 15.5. The molecule has 1 aliphatic carbocycles. The molecule has 22 heavy (non-hydrogen) atoms. The fourth-order valence-electron chi connectivity index (χ4n) is 2.72. The number of aliphatic hydroxyl groups excluding tert-OH is 1. The molecule has 2 aromatic rings. The first kappa shape index (κ1) is 15.0. The summed E-state index contributed by atoms with van der Waals surface area (Å²) < 4.78 is 0. The second-order valence-corrected chi connectivity index (χ2v) is 6.48. The number of benzene rings is 1. The third-order valence-corrected chi connectivity index (χ3v) is 4.95. The summed E-state index contributed by atoms with van der Waals surface area (Å²) in [4.78, 5) is 17.5. The summed E-state index contributed by atoms with van der Waals surface area (Å²) in [7, 11) is 0. The maximum absolute atomic E-state index is 12.2. The predicted molar refractivity (Wildman–Crippen MR) is 87.2 cm³/mol. The van der Waals surface area contributed by atoms with Gasteiger partial charge < -0.3 is 10.4 Å². The molecule has 6 heteroatoms. The molecule has 116 valence electrons. The lowest BCUT2D eigenvalue weighted by atomic mass is 9.86. The Morgan fingerprint density at radius 1 is 1.45 bits per heavy atom. The SMILES string of the molecule is CCc1cnc(NC(=O)N[C@H]2c3ccccc3CC[C@H]2O)s1. The molecule has 3 rings (SSSR count). The molecule has 1 aromatic carbocycles. The van der Waals surface area contributed by atoms with Gasteiger partial charge in [0.2, 0.25) is 0 Å². The molecule has 0 bridgehead atoms. The van der Waals surface area contributed by atoms with E-state index >= 15 is 0 Å². The average molecular weight is 317 g/mol. The number of rotatable bonds is 3. The second-order valence-electron chi connectivity index (χ2n) is 5.37. The number of nitrogens with zero attached hydrogens (tertiary/aromatic N) is 1. The van der Waals surface area contributed by atoms with Crippen molar-refractivity contribution in [3.8, 4) is 0 Å². The van der Waals surface area contributed by atoms with Crippen LogP contribution in [-0.4, -0.2) is 22.2 Å². The molecular weight excluding hydrogens is 298 g/mol. The van der Waals surface area contributed by atoms with Crippen LogP contribution in [-0.2, 0) is 12.8 Å². The summed E-state index contributed by atoms with van der Waals surface area (Å²) in [5.41, 5.74) is 2.17. The number of carbonyl (C=O) groups is 1. The molecule has 3 N–H and O–H groups in total. The van der Waals surface area contributed by atoms with Crippen molar-refractivity contribution in [1.82, 2.24) is 10.3 Å². The van der Waals surface area contributed by atoms with Crippen LogP contribution in [0.4, 0.5) is 9.93 Å². The quantitative estimate of drug-likeness (QED) is 0.815. The van der Waals surface area contributed by atoms with Crippen molar-refractivity contribution >= 4 is 22.5 Å². The van der Waals surface area contributed by atoms with E-state index in [2.05, 4.69) is 15.6 Å². The van der Waals surface area contributed by atoms with Gasteiger partial charge in [-0.15, -0.1) is 11.3 Å². The zero-order valence-electron chi connectivity index (χ0n) is 12.4. The Balaban J connectivity index is 1.70. The molecule has 2 atom stereocenters. The van der Waals surface area contributed by atoms with Crippen LogP contribution < -0.4 is 10.6 Å². The molecule has 0 unspecified atom stereocenters. The lowest BCUT2D eigenvalue weighted by Gasteiger charge is -2.30. The topological polar surface area (TPSA) is 74.2 Å². The van der Waals surface area contributed by atoms with Crippen LogP contribution in [0, 0.1) is 0 Å². The van der Waals surface area contributed by atoms with Gasteiger partial charge in [0.15, 0.2) is 5.13 Å². The Hall–Kier alpha value is -1.92. The third-order valence-electron chi connectivity index (χ3n) is 3.89. The summed E-state index contributed by atoms with van der Waals surface area (Å²) >= 11 is 1.46. The fraction of sp³-hybridized carbons (Fsp3) is 0.375. The molecule has 1 aliphatic rings. The number of hydrogen-bond donors (Lipinski definition) is 3. The van der Waals surface area contributed by atoms with E-state index in [4.69, 9.17) is 0 Å². The molecule has 0 saturated carbocycles. The van der Waals surface area contributed by atoms with Gasteiger partial charge in [-0.3, -0.25) is 5.32 Å². The van der Waals surface area contributed by atoms with E-state index in [9.17, 15) is 9.90 Å². The molecule has 0 fully saturated rings. The summed E-state index contributed by atoms with van der Waals surface area (Å²) in [6.07, 6.45) is 3.59. The fourth-order valence-corrected chi connectivity index (χ4v) is 3.47. The first-order valence-electron chi connectivity index (χ1n) is 7.45. The molecule has 5 nitrogen and oxygen atoms in total. The highest BCUT2D eigenvalue weighted by atomic mass is 32.1. The van der Waals surface area contributed by atoms with Crippen LogP contribution in [0.3, 0.4) is 0 Å². The highest BCUT2D eigenvalue weighted by molar-refractivity contribution is 7.15. The van der Waals surface area contributed by atoms with Crippen molar-refractivity contribution in [2.45, 2.75) is 38.3 Å². The Bertz CT molecular complexity index is 671. The minimum atomic E-state index is -0.567. The number of fused-ring (bicyclic) bond motifs is 1. The number of carbonyl (C=O) groups excluding carboxylic acids is 1. The normalized spacial score (nSPS) is 20.3. The Morgan fingerprint density at radius 3 is 3.05 bits per heavy atom. The van der Waals surface area contributed by atoms with E-state index in [1.54, 1.807) is 6.20 Å². The van der Waals surface area contributed by atoms with Crippen molar-refractivity contribution in [3.63, 3.8) is 0 Å². The van der Waals surface area contributed by atoms with Gasteiger partial charge in [-0.25, -0.2) is 9.78 Å². The van der Waals surface area contributed by atoms with Crippen LogP contribution >= 0.6 is 11.3 Å². The molecule has 0 radical (unpaired) electrons. The molecule has 1 heterocycles. The number of thiazole rings is 1. The molecular formula is C16H19N3O2S. The van der Waals surface area contributed by atoms with E-state index in [1.807, 2.05) is 31.2 Å². The maximum atomic E-state index is 12.2. The number of aryl methyl sites for hydroxylation is 2. The predicted octanol–water partition coefficient (Wildman–Crippen LogP) is 2.88. The number of aliphatic hydroxyl groups is 1. The van der Waals surface area contributed by atoms with Crippen molar-refractivity contribution in [1.29, 1.82) is 0 Å². The van der Waals surface area contributed by atoms with E-state index < -0.39 is 6.10 Å². The van der Waals surface area contributed by atoms with Crippen molar-refractivity contribution in [2.24, 2.45) is 0 Å². The smallest absolute Gasteiger partial charge is 0.321 e. The van der Waals surface area contributed by atoms with Crippen LogP contribution in [0.15, 0.2) is 30.5 Å². The van der Waals surface area contributed by atoms with Gasteiger partial charge in [0.05, 0.1) is 12.1 Å². The van der Waals surface area contributed by atoms with E-state index in [-0.39, 0.29) is 12.1 Å². The third kappa shape index (κ3) is 3.13. The summed E-state index contributed by atoms with van der Waals surface area (Å²) in [5.74, 6) is 0. The molecule has 0 aliphatic heterocycles. The lowest BCUT2D eigenvalue weighted by molar-refractivity contribution is 0.115. The number of nitrogens with one attached hydrogen (secondary N) is 2. The van der Waals surface area contributed by atoms with Gasteiger partial charge in [-0.1, -0.05) is 31.2 Å². The lowest BCUT2D eigenvalue weighted by Crippen LogP contribution is -2.41. The highest BCUT2D eigenvalue weighted by Gasteiger charge is 2.29. The summed E-state index contributed by atoms with van der Waals surface area (Å²) in [6.45, 7) is 2.05. The van der Waals surface area contributed by atoms with Crippen LogP contribution in [0.5, 0.6) is 0 Å². The van der Waals surface area contributed by atoms with Crippen LogP contribution in [0.1, 0.15) is 35.4 Å². The number of aromatic nitrogens is 1. The minimum absolute atomic E-state index is 0.335. The monoisotopic (exact) mass is 317 g/mol. The summed E-state index contributed by atoms with van der Waals surface area (Å²) in [5, 5.41) is 16.4. The highest BCUT2D eigenvalue weighted by Crippen LogP contribution is 2.30. The first-order valence-corrected chi connectivity index (χ1v) is 8.27. The molecule has 2 amide bonds. The Kier molecular flexibility index (Phi) is 4.40. The number of anilines is 1. The first-order chi connectivity index (χ1) is 10.7.